The van der Waals surface area contributed by atoms with Crippen molar-refractivity contribution in [1.29, 1.82) is 0 Å². The third-order valence-electron chi connectivity index (χ3n) is 4.92. The molecule has 0 aliphatic carbocycles. The average molecular weight is 347 g/mol. The Labute approximate surface area is 147 Å². The molecule has 0 unspecified atom stereocenters. The molecule has 3 rings (SSSR count). The van der Waals surface area contributed by atoms with Crippen LogP contribution in [-0.2, 0) is 9.59 Å². The first-order chi connectivity index (χ1) is 12.0. The second-order valence-electron chi connectivity index (χ2n) is 6.63. The highest BCUT2D eigenvalue weighted by Crippen LogP contribution is 2.34. The monoisotopic (exact) mass is 347 g/mol. The largest absolute Gasteiger partial charge is 0.493 e. The Morgan fingerprint density at radius 1 is 1.20 bits per heavy atom. The van der Waals surface area contributed by atoms with Crippen LogP contribution in [0.4, 0.5) is 5.69 Å². The number of hydrogen-bond donors (Lipinski definition) is 1. The van der Waals surface area contributed by atoms with Crippen LogP contribution in [0.15, 0.2) is 18.2 Å². The Morgan fingerprint density at radius 3 is 2.64 bits per heavy atom. The summed E-state index contributed by atoms with van der Waals surface area (Å²) in [4.78, 5) is 28.6. The van der Waals surface area contributed by atoms with E-state index in [4.69, 9.17) is 15.2 Å². The van der Waals surface area contributed by atoms with Gasteiger partial charge in [-0.15, -0.1) is 0 Å². The average Bonchev–Trinajstić information content (AvgIpc) is 3.02. The molecule has 0 radical (unpaired) electrons. The van der Waals surface area contributed by atoms with Crippen LogP contribution in [0.3, 0.4) is 0 Å². The molecule has 1 aromatic carbocycles. The van der Waals surface area contributed by atoms with E-state index in [1.165, 1.54) is 0 Å². The van der Waals surface area contributed by atoms with Gasteiger partial charge in [0.15, 0.2) is 11.5 Å². The molecule has 1 aromatic rings. The van der Waals surface area contributed by atoms with Gasteiger partial charge in [-0.2, -0.15) is 0 Å². The zero-order valence-corrected chi connectivity index (χ0v) is 14.7. The highest BCUT2D eigenvalue weighted by atomic mass is 16.5. The van der Waals surface area contributed by atoms with Crippen molar-refractivity contribution in [3.05, 3.63) is 18.2 Å². The fourth-order valence-electron chi connectivity index (χ4n) is 3.58. The van der Waals surface area contributed by atoms with Crippen LogP contribution >= 0.6 is 0 Å². The summed E-state index contributed by atoms with van der Waals surface area (Å²) in [6.45, 7) is 1.70. The summed E-state index contributed by atoms with van der Waals surface area (Å²) < 4.78 is 10.5. The van der Waals surface area contributed by atoms with Crippen LogP contribution in [0.25, 0.3) is 0 Å². The smallest absolute Gasteiger partial charge is 0.228 e. The molecular weight excluding hydrogens is 322 g/mol. The lowest BCUT2D eigenvalue weighted by Crippen LogP contribution is -2.48. The van der Waals surface area contributed by atoms with Gasteiger partial charge in [-0.3, -0.25) is 9.59 Å². The minimum atomic E-state index is -0.314. The summed E-state index contributed by atoms with van der Waals surface area (Å²) in [5.41, 5.74) is 6.69. The van der Waals surface area contributed by atoms with E-state index >= 15 is 0 Å². The molecule has 2 saturated heterocycles. The molecule has 2 amide bonds. The van der Waals surface area contributed by atoms with E-state index in [9.17, 15) is 9.59 Å². The Morgan fingerprint density at radius 2 is 1.96 bits per heavy atom. The van der Waals surface area contributed by atoms with Gasteiger partial charge in [0.05, 0.1) is 20.1 Å². The first-order valence-electron chi connectivity index (χ1n) is 8.60. The molecule has 2 N–H and O–H groups in total. The zero-order chi connectivity index (χ0) is 18.0. The number of carbonyl (C=O) groups excluding carboxylic acids is 2. The summed E-state index contributed by atoms with van der Waals surface area (Å²) in [5, 5.41) is 0. The summed E-state index contributed by atoms with van der Waals surface area (Å²) in [6.07, 6.45) is 2.11. The number of amides is 2. The molecule has 2 aliphatic heterocycles. The Kier molecular flexibility index (Phi) is 5.13. The fourth-order valence-corrected chi connectivity index (χ4v) is 3.58. The Hall–Kier alpha value is -2.28. The molecule has 0 saturated carbocycles. The molecule has 25 heavy (non-hydrogen) atoms. The van der Waals surface area contributed by atoms with Crippen molar-refractivity contribution in [3.8, 4) is 11.5 Å². The van der Waals surface area contributed by atoms with Crippen molar-refractivity contribution in [2.24, 2.45) is 11.7 Å². The number of carbonyl (C=O) groups is 2. The number of nitrogens with two attached hydrogens (primary N) is 1. The molecule has 0 bridgehead atoms. The van der Waals surface area contributed by atoms with Gasteiger partial charge in [0, 0.05) is 43.9 Å². The number of ether oxygens (including phenoxy) is 2. The van der Waals surface area contributed by atoms with Crippen LogP contribution < -0.4 is 20.1 Å². The second-order valence-corrected chi connectivity index (χ2v) is 6.63. The number of piperidine rings is 1. The molecule has 136 valence electrons. The number of hydrogen-bond acceptors (Lipinski definition) is 5. The molecule has 2 heterocycles. The van der Waals surface area contributed by atoms with Crippen LogP contribution in [0.5, 0.6) is 11.5 Å². The first-order valence-corrected chi connectivity index (χ1v) is 8.60. The number of methoxy groups -OCH3 is 2. The molecule has 0 spiro atoms. The molecule has 0 aromatic heterocycles. The van der Waals surface area contributed by atoms with Crippen LogP contribution in [0.2, 0.25) is 0 Å². The summed E-state index contributed by atoms with van der Waals surface area (Å²) in [6, 6.07) is 5.38. The number of anilines is 1. The topological polar surface area (TPSA) is 85.1 Å². The van der Waals surface area contributed by atoms with E-state index in [1.807, 2.05) is 11.0 Å². The molecular formula is C18H25N3O4. The minimum Gasteiger partial charge on any atom is -0.493 e. The number of rotatable bonds is 4. The van der Waals surface area contributed by atoms with Crippen molar-refractivity contribution in [3.63, 3.8) is 0 Å². The van der Waals surface area contributed by atoms with Gasteiger partial charge in [-0.1, -0.05) is 0 Å². The Bertz CT molecular complexity index is 664. The molecule has 2 fully saturated rings. The minimum absolute atomic E-state index is 0.0338. The number of nitrogens with zero attached hydrogens (tertiary/aromatic N) is 2. The highest BCUT2D eigenvalue weighted by molar-refractivity contribution is 6.00. The maximum Gasteiger partial charge on any atom is 0.228 e. The first kappa shape index (κ1) is 17.5. The van der Waals surface area contributed by atoms with Crippen molar-refractivity contribution < 1.29 is 19.1 Å². The van der Waals surface area contributed by atoms with Crippen LogP contribution in [-0.4, -0.2) is 56.6 Å². The van der Waals surface area contributed by atoms with Gasteiger partial charge in [0.25, 0.3) is 0 Å². The van der Waals surface area contributed by atoms with Crippen molar-refractivity contribution in [1.82, 2.24) is 4.90 Å². The quantitative estimate of drug-likeness (QED) is 0.878. The standard InChI is InChI=1S/C18H25N3O4/c1-24-15-6-5-14(9-16(15)25-2)21-10-12(8-17(21)22)18(23)20-7-3-4-13(19)11-20/h5-6,9,12-13H,3-4,7-8,10-11,19H2,1-2H3/t12-,13+/m0/s1. The third-order valence-corrected chi connectivity index (χ3v) is 4.92. The lowest BCUT2D eigenvalue weighted by Gasteiger charge is -2.32. The fraction of sp³-hybridized carbons (Fsp3) is 0.556. The van der Waals surface area contributed by atoms with E-state index < -0.39 is 0 Å². The Balaban J connectivity index is 1.73. The number of likely N-dealkylation sites (tertiary alicyclic amines) is 1. The van der Waals surface area contributed by atoms with E-state index in [0.29, 0.717) is 30.3 Å². The van der Waals surface area contributed by atoms with E-state index in [1.54, 1.807) is 31.3 Å². The summed E-state index contributed by atoms with van der Waals surface area (Å²) >= 11 is 0. The van der Waals surface area contributed by atoms with Gasteiger partial charge in [0.2, 0.25) is 11.8 Å². The molecule has 7 nitrogen and oxygen atoms in total. The SMILES string of the molecule is COc1ccc(N2C[C@@H](C(=O)N3CCC[C@@H](N)C3)CC2=O)cc1OC. The summed E-state index contributed by atoms with van der Waals surface area (Å²) in [7, 11) is 3.12. The molecule has 7 heteroatoms. The van der Waals surface area contributed by atoms with Gasteiger partial charge in [0.1, 0.15) is 0 Å². The van der Waals surface area contributed by atoms with E-state index in [-0.39, 0.29) is 30.2 Å². The lowest BCUT2D eigenvalue weighted by atomic mass is 10.0. The van der Waals surface area contributed by atoms with Gasteiger partial charge in [-0.25, -0.2) is 0 Å². The highest BCUT2D eigenvalue weighted by Gasteiger charge is 2.38. The van der Waals surface area contributed by atoms with Crippen LogP contribution in [0, 0.1) is 5.92 Å². The van der Waals surface area contributed by atoms with Gasteiger partial charge >= 0.3 is 0 Å². The van der Waals surface area contributed by atoms with Crippen molar-refractivity contribution in [2.75, 3.05) is 38.8 Å². The van der Waals surface area contributed by atoms with Crippen LogP contribution in [0.1, 0.15) is 19.3 Å². The van der Waals surface area contributed by atoms with E-state index in [0.717, 1.165) is 19.4 Å². The van der Waals surface area contributed by atoms with Crippen molar-refractivity contribution in [2.45, 2.75) is 25.3 Å². The summed E-state index contributed by atoms with van der Waals surface area (Å²) in [5.74, 6) is 0.835. The predicted octanol–water partition coefficient (Wildman–Crippen LogP) is 1.01. The van der Waals surface area contributed by atoms with Gasteiger partial charge < -0.3 is 25.0 Å². The normalized spacial score (nSPS) is 23.7. The molecule has 2 aliphatic rings. The number of benzene rings is 1. The predicted molar refractivity (Wildman–Crippen MR) is 93.8 cm³/mol. The van der Waals surface area contributed by atoms with Crippen molar-refractivity contribution >= 4 is 17.5 Å². The maximum atomic E-state index is 12.7. The second kappa shape index (κ2) is 7.31. The lowest BCUT2D eigenvalue weighted by molar-refractivity contribution is -0.136. The van der Waals surface area contributed by atoms with Gasteiger partial charge in [-0.05, 0) is 25.0 Å². The molecule has 2 atom stereocenters. The third kappa shape index (κ3) is 3.56. The van der Waals surface area contributed by atoms with E-state index in [2.05, 4.69) is 0 Å². The zero-order valence-electron chi connectivity index (χ0n) is 14.7. The maximum absolute atomic E-state index is 12.7.